The van der Waals surface area contributed by atoms with Gasteiger partial charge in [-0.25, -0.2) is 0 Å². The molecule has 3 fully saturated rings. The molecule has 1 amide bonds. The molecule has 3 saturated heterocycles. The Morgan fingerprint density at radius 2 is 0.660 bits per heavy atom. The van der Waals surface area contributed by atoms with Crippen molar-refractivity contribution in [2.24, 2.45) is 0 Å². The maximum absolute atomic E-state index is 13.5. The second-order valence-corrected chi connectivity index (χ2v) is 29.9. The number of hydrogen-bond acceptors (Lipinski definition) is 18. The molecule has 0 aromatic rings. The highest BCUT2D eigenvalue weighted by atomic mass is 16.8. The molecule has 17 atom stereocenters. The van der Waals surface area contributed by atoms with Crippen LogP contribution in [0.15, 0.2) is 24.3 Å². The van der Waals surface area contributed by atoms with E-state index in [0.717, 1.165) is 57.8 Å². The second kappa shape index (κ2) is 62.3. The number of hydrogen-bond donors (Lipinski definition) is 12. The SMILES string of the molecule is CCCCCCC/C=C\C/C=C\CCCCCCCCCCCCCC(=O)NC(COC1OC(CO)C(OC2OC(CO)C(OC3OC(CO)C(O)C(O)C3O)C(O)C2O)C(O)C1O)C(O)CCCCCCCCCCCCCCCCCCCCCCCCCCCCCCCCCC. The van der Waals surface area contributed by atoms with Crippen molar-refractivity contribution in [3.8, 4) is 0 Å². The molecule has 12 N–H and O–H groups in total. The Bertz CT molecular complexity index is 1900. The van der Waals surface area contributed by atoms with Gasteiger partial charge >= 0.3 is 0 Å². The fourth-order valence-electron chi connectivity index (χ4n) is 14.3. The minimum atomic E-state index is -1.97. The number of unbranched alkanes of at least 4 members (excludes halogenated alkanes) is 47. The van der Waals surface area contributed by atoms with E-state index < -0.39 is 124 Å². The lowest BCUT2D eigenvalue weighted by molar-refractivity contribution is -0.379. The summed E-state index contributed by atoms with van der Waals surface area (Å²) in [5.41, 5.74) is 0. The number of carbonyl (C=O) groups is 1. The number of amides is 1. The fraction of sp³-hybridized carbons (Fsp3) is 0.938. The highest BCUT2D eigenvalue weighted by Crippen LogP contribution is 2.33. The van der Waals surface area contributed by atoms with Crippen molar-refractivity contribution in [2.45, 2.75) is 458 Å². The summed E-state index contributed by atoms with van der Waals surface area (Å²) in [6.07, 6.45) is 48.4. The first kappa shape index (κ1) is 92.5. The topological polar surface area (TPSA) is 307 Å². The molecule has 100 heavy (non-hydrogen) atoms. The third kappa shape index (κ3) is 42.0. The van der Waals surface area contributed by atoms with Crippen LogP contribution in [0.2, 0.25) is 0 Å². The van der Waals surface area contributed by atoms with Crippen LogP contribution in [0, 0.1) is 0 Å². The van der Waals surface area contributed by atoms with Gasteiger partial charge in [0, 0.05) is 6.42 Å². The number of aliphatic hydroxyl groups excluding tert-OH is 11. The van der Waals surface area contributed by atoms with Gasteiger partial charge in [-0.1, -0.05) is 327 Å². The molecule has 0 aromatic heterocycles. The van der Waals surface area contributed by atoms with E-state index in [2.05, 4.69) is 43.5 Å². The summed E-state index contributed by atoms with van der Waals surface area (Å²) in [6, 6.07) is -0.889. The first-order chi connectivity index (χ1) is 48.8. The summed E-state index contributed by atoms with van der Waals surface area (Å²) in [6.45, 7) is 1.85. The van der Waals surface area contributed by atoms with E-state index in [1.807, 2.05) is 0 Å². The summed E-state index contributed by atoms with van der Waals surface area (Å²) < 4.78 is 34.5. The summed E-state index contributed by atoms with van der Waals surface area (Å²) in [5.74, 6) is -0.239. The minimum Gasteiger partial charge on any atom is -0.394 e. The predicted molar refractivity (Wildman–Crippen MR) is 397 cm³/mol. The molecular weight excluding hydrogens is 1270 g/mol. The largest absolute Gasteiger partial charge is 0.394 e. The first-order valence-corrected chi connectivity index (χ1v) is 41.6. The van der Waals surface area contributed by atoms with Crippen molar-refractivity contribution in [3.63, 3.8) is 0 Å². The van der Waals surface area contributed by atoms with E-state index in [9.17, 15) is 61.0 Å². The summed E-state index contributed by atoms with van der Waals surface area (Å²) in [4.78, 5) is 13.5. The third-order valence-corrected chi connectivity index (χ3v) is 21.0. The van der Waals surface area contributed by atoms with Crippen molar-refractivity contribution in [1.29, 1.82) is 0 Å². The van der Waals surface area contributed by atoms with Crippen LogP contribution in [0.5, 0.6) is 0 Å². The molecular formula is C81H153NO18. The van der Waals surface area contributed by atoms with Gasteiger partial charge < -0.3 is 89.9 Å². The van der Waals surface area contributed by atoms with Crippen molar-refractivity contribution in [2.75, 3.05) is 26.4 Å². The molecule has 0 spiro atoms. The van der Waals surface area contributed by atoms with Crippen LogP contribution in [0.25, 0.3) is 0 Å². The smallest absolute Gasteiger partial charge is 0.220 e. The molecule has 590 valence electrons. The lowest BCUT2D eigenvalue weighted by Gasteiger charge is -2.48. The number of rotatable bonds is 67. The van der Waals surface area contributed by atoms with Crippen molar-refractivity contribution >= 4 is 5.91 Å². The van der Waals surface area contributed by atoms with Crippen LogP contribution in [-0.4, -0.2) is 193 Å². The van der Waals surface area contributed by atoms with Crippen LogP contribution in [0.1, 0.15) is 354 Å². The number of nitrogens with one attached hydrogen (secondary N) is 1. The van der Waals surface area contributed by atoms with E-state index in [4.69, 9.17) is 28.4 Å². The third-order valence-electron chi connectivity index (χ3n) is 21.0. The van der Waals surface area contributed by atoms with Crippen molar-refractivity contribution in [1.82, 2.24) is 5.32 Å². The van der Waals surface area contributed by atoms with Gasteiger partial charge in [-0.05, 0) is 44.9 Å². The summed E-state index contributed by atoms with van der Waals surface area (Å²) >= 11 is 0. The molecule has 0 bridgehead atoms. The molecule has 3 aliphatic rings. The number of ether oxygens (including phenoxy) is 6. The van der Waals surface area contributed by atoms with Crippen LogP contribution < -0.4 is 5.32 Å². The Morgan fingerprint density at radius 1 is 0.360 bits per heavy atom. The summed E-state index contributed by atoms with van der Waals surface area (Å²) in [7, 11) is 0. The number of aliphatic hydroxyl groups is 11. The second-order valence-electron chi connectivity index (χ2n) is 29.9. The monoisotopic (exact) mass is 1430 g/mol. The Morgan fingerprint density at radius 3 is 1.02 bits per heavy atom. The van der Waals surface area contributed by atoms with Gasteiger partial charge in [0.25, 0.3) is 0 Å². The van der Waals surface area contributed by atoms with Gasteiger partial charge in [0.05, 0.1) is 38.6 Å². The number of allylic oxidation sites excluding steroid dienone is 4. The fourth-order valence-corrected chi connectivity index (χ4v) is 14.3. The first-order valence-electron chi connectivity index (χ1n) is 41.6. The summed E-state index contributed by atoms with van der Waals surface area (Å²) in [5, 5.41) is 121. The molecule has 19 nitrogen and oxygen atoms in total. The Hall–Kier alpha value is -1.73. The van der Waals surface area contributed by atoms with Gasteiger partial charge in [0.2, 0.25) is 5.91 Å². The molecule has 3 aliphatic heterocycles. The number of carbonyl (C=O) groups excluding carboxylic acids is 1. The van der Waals surface area contributed by atoms with E-state index >= 15 is 0 Å². The average Bonchev–Trinajstić information content (AvgIpc) is 0.783. The molecule has 17 unspecified atom stereocenters. The van der Waals surface area contributed by atoms with Gasteiger partial charge in [0.1, 0.15) is 73.2 Å². The zero-order valence-corrected chi connectivity index (χ0v) is 63.2. The van der Waals surface area contributed by atoms with E-state index in [1.54, 1.807) is 0 Å². The Balaban J connectivity index is 1.35. The zero-order valence-electron chi connectivity index (χ0n) is 63.2. The van der Waals surface area contributed by atoms with Crippen molar-refractivity contribution in [3.05, 3.63) is 24.3 Å². The highest BCUT2D eigenvalue weighted by molar-refractivity contribution is 5.76. The van der Waals surface area contributed by atoms with Crippen molar-refractivity contribution < 1.29 is 89.4 Å². The van der Waals surface area contributed by atoms with Gasteiger partial charge in [-0.2, -0.15) is 0 Å². The normalized spacial score (nSPS) is 26.5. The molecule has 0 saturated carbocycles. The van der Waals surface area contributed by atoms with Crippen LogP contribution >= 0.6 is 0 Å². The molecule has 3 heterocycles. The Labute approximate surface area is 607 Å². The van der Waals surface area contributed by atoms with Crippen LogP contribution in [0.4, 0.5) is 0 Å². The zero-order chi connectivity index (χ0) is 72.5. The van der Waals surface area contributed by atoms with Gasteiger partial charge in [0.15, 0.2) is 18.9 Å². The molecule has 0 aliphatic carbocycles. The van der Waals surface area contributed by atoms with E-state index in [1.165, 1.54) is 263 Å². The van der Waals surface area contributed by atoms with Gasteiger partial charge in [-0.15, -0.1) is 0 Å². The van der Waals surface area contributed by atoms with Crippen LogP contribution in [0.3, 0.4) is 0 Å². The lowest BCUT2D eigenvalue weighted by atomic mass is 9.96. The highest BCUT2D eigenvalue weighted by Gasteiger charge is 2.54. The lowest BCUT2D eigenvalue weighted by Crippen LogP contribution is -2.66. The maximum atomic E-state index is 13.5. The molecule has 3 rings (SSSR count). The van der Waals surface area contributed by atoms with E-state index in [0.29, 0.717) is 12.8 Å². The molecule has 0 radical (unpaired) electrons. The maximum Gasteiger partial charge on any atom is 0.220 e. The average molecular weight is 1430 g/mol. The molecule has 19 heteroatoms. The Kier molecular flexibility index (Phi) is 57.6. The molecule has 0 aromatic carbocycles. The quantitative estimate of drug-likeness (QED) is 0.0199. The standard InChI is InChI=1S/C81H153NO18/c1-3-5-7-9-11-13-15-17-19-21-23-25-27-28-29-30-31-32-33-34-35-37-38-40-42-44-46-48-50-52-54-56-58-65(86)64(82-69(87)59-57-55-53-51-49-47-45-43-41-39-36-26-24-22-20-18-16-14-12-10-8-6-4-2)63-95-79-75(93)72(90)77(67(61-84)97-79)100-81-76(94)73(91)78(68(62-85)98-81)99-80-74(92)71(89)70(88)66(60-83)96-80/h16,18,22,24,64-68,70-81,83-86,88-94H,3-15,17,19-21,23,25-63H2,1-2H3,(H,82,87)/b18-16-,24-22-. The predicted octanol–water partition coefficient (Wildman–Crippen LogP) is 14.1. The minimum absolute atomic E-state index is 0.239. The van der Waals surface area contributed by atoms with Crippen LogP contribution in [-0.2, 0) is 33.2 Å². The van der Waals surface area contributed by atoms with Gasteiger partial charge in [-0.3, -0.25) is 4.79 Å². The van der Waals surface area contributed by atoms with E-state index in [-0.39, 0.29) is 18.9 Å².